The number of benzene rings is 1. The number of nitrogens with two attached hydrogens (primary N) is 1. The smallest absolute Gasteiger partial charge is 0.231 e. The van der Waals surface area contributed by atoms with Gasteiger partial charge in [0, 0.05) is 6.04 Å². The van der Waals surface area contributed by atoms with Crippen molar-refractivity contribution in [1.82, 2.24) is 0 Å². The van der Waals surface area contributed by atoms with Crippen LogP contribution in [0.4, 0.5) is 0 Å². The summed E-state index contributed by atoms with van der Waals surface area (Å²) in [6.45, 7) is 4.08. The molecule has 0 aromatic heterocycles. The maximum Gasteiger partial charge on any atom is 0.231 e. The molecule has 1 aliphatic rings. The van der Waals surface area contributed by atoms with E-state index < -0.39 is 6.10 Å². The number of aliphatic hydroxyl groups excluding tert-OH is 1. The lowest BCUT2D eigenvalue weighted by atomic mass is 9.94. The molecule has 0 aliphatic carbocycles. The Morgan fingerprint density at radius 1 is 1.35 bits per heavy atom. The highest BCUT2D eigenvalue weighted by atomic mass is 35.5. The number of hydrogen-bond donors (Lipinski definition) is 2. The van der Waals surface area contributed by atoms with Gasteiger partial charge in [0.15, 0.2) is 11.5 Å². The fraction of sp³-hybridized carbons (Fsp3) is 0.500. The molecule has 1 aliphatic heterocycles. The Balaban J connectivity index is 2.31. The Kier molecular flexibility index (Phi) is 3.47. The van der Waals surface area contributed by atoms with Gasteiger partial charge in [0.05, 0.1) is 11.1 Å². The van der Waals surface area contributed by atoms with E-state index >= 15 is 0 Å². The molecular weight excluding hydrogens is 242 g/mol. The van der Waals surface area contributed by atoms with E-state index in [4.69, 9.17) is 26.8 Å². The highest BCUT2D eigenvalue weighted by Crippen LogP contribution is 2.41. The summed E-state index contributed by atoms with van der Waals surface area (Å²) >= 11 is 6.05. The van der Waals surface area contributed by atoms with Crippen LogP contribution in [0.3, 0.4) is 0 Å². The second-order valence-electron chi connectivity index (χ2n) is 4.50. The van der Waals surface area contributed by atoms with E-state index in [-0.39, 0.29) is 18.8 Å². The van der Waals surface area contributed by atoms with Gasteiger partial charge in [-0.1, -0.05) is 25.4 Å². The van der Waals surface area contributed by atoms with E-state index in [1.807, 2.05) is 13.8 Å². The number of rotatable bonds is 3. The lowest BCUT2D eigenvalue weighted by Gasteiger charge is -2.22. The summed E-state index contributed by atoms with van der Waals surface area (Å²) in [6.07, 6.45) is -0.762. The van der Waals surface area contributed by atoms with Crippen LogP contribution >= 0.6 is 11.6 Å². The van der Waals surface area contributed by atoms with Crippen LogP contribution in [0.2, 0.25) is 5.02 Å². The molecule has 0 fully saturated rings. The summed E-state index contributed by atoms with van der Waals surface area (Å²) < 4.78 is 10.5. The summed E-state index contributed by atoms with van der Waals surface area (Å²) in [5, 5.41) is 10.6. The van der Waals surface area contributed by atoms with Crippen molar-refractivity contribution in [2.24, 2.45) is 11.7 Å². The van der Waals surface area contributed by atoms with E-state index in [0.29, 0.717) is 22.1 Å². The first-order valence-corrected chi connectivity index (χ1v) is 5.91. The van der Waals surface area contributed by atoms with Gasteiger partial charge in [-0.25, -0.2) is 0 Å². The number of aliphatic hydroxyl groups is 1. The average Bonchev–Trinajstić information content (AvgIpc) is 2.75. The number of hydrogen-bond acceptors (Lipinski definition) is 4. The summed E-state index contributed by atoms with van der Waals surface area (Å²) in [6, 6.07) is 3.05. The van der Waals surface area contributed by atoms with Gasteiger partial charge >= 0.3 is 0 Å². The second-order valence-corrected chi connectivity index (χ2v) is 4.91. The largest absolute Gasteiger partial charge is 0.454 e. The van der Waals surface area contributed by atoms with E-state index in [1.54, 1.807) is 12.1 Å². The van der Waals surface area contributed by atoms with Crippen molar-refractivity contribution in [3.63, 3.8) is 0 Å². The van der Waals surface area contributed by atoms with Crippen molar-refractivity contribution >= 4 is 11.6 Å². The van der Waals surface area contributed by atoms with Crippen LogP contribution < -0.4 is 15.2 Å². The molecular formula is C12H16ClNO3. The fourth-order valence-electron chi connectivity index (χ4n) is 1.74. The second kappa shape index (κ2) is 4.72. The third kappa shape index (κ3) is 2.34. The number of ether oxygens (including phenoxy) is 2. The summed E-state index contributed by atoms with van der Waals surface area (Å²) in [5.41, 5.74) is 6.58. The molecule has 2 rings (SSSR count). The minimum Gasteiger partial charge on any atom is -0.454 e. The van der Waals surface area contributed by atoms with Crippen molar-refractivity contribution < 1.29 is 14.6 Å². The molecule has 1 aromatic carbocycles. The Bertz CT molecular complexity index is 422. The van der Waals surface area contributed by atoms with Gasteiger partial charge in [0.2, 0.25) is 6.79 Å². The standard InChI is InChI=1S/C12H16ClNO3/c1-6(2)10(14)11(15)7-3-8(13)12-9(4-7)16-5-17-12/h3-4,6,10-11,15H,5,14H2,1-2H3. The molecule has 5 heteroatoms. The van der Waals surface area contributed by atoms with Crippen LogP contribution in [0.5, 0.6) is 11.5 Å². The van der Waals surface area contributed by atoms with Gasteiger partial charge in [0.25, 0.3) is 0 Å². The molecule has 0 radical (unpaired) electrons. The minimum atomic E-state index is -0.762. The molecule has 0 spiro atoms. The summed E-state index contributed by atoms with van der Waals surface area (Å²) in [7, 11) is 0. The van der Waals surface area contributed by atoms with E-state index in [0.717, 1.165) is 0 Å². The topological polar surface area (TPSA) is 64.7 Å². The Morgan fingerprint density at radius 2 is 2.06 bits per heavy atom. The zero-order valence-electron chi connectivity index (χ0n) is 9.81. The lowest BCUT2D eigenvalue weighted by molar-refractivity contribution is 0.125. The molecule has 2 atom stereocenters. The maximum absolute atomic E-state index is 10.1. The molecule has 94 valence electrons. The highest BCUT2D eigenvalue weighted by molar-refractivity contribution is 6.32. The van der Waals surface area contributed by atoms with Crippen molar-refractivity contribution in [3.8, 4) is 11.5 Å². The van der Waals surface area contributed by atoms with Gasteiger partial charge in [-0.2, -0.15) is 0 Å². The average molecular weight is 258 g/mol. The molecule has 4 nitrogen and oxygen atoms in total. The van der Waals surface area contributed by atoms with Crippen LogP contribution in [0.1, 0.15) is 25.5 Å². The third-order valence-corrected chi connectivity index (χ3v) is 3.21. The molecule has 0 saturated heterocycles. The Hall–Kier alpha value is -0.970. The van der Waals surface area contributed by atoms with Gasteiger partial charge in [-0.05, 0) is 23.6 Å². The molecule has 0 bridgehead atoms. The molecule has 1 aromatic rings. The molecule has 17 heavy (non-hydrogen) atoms. The van der Waals surface area contributed by atoms with Crippen molar-refractivity contribution in [1.29, 1.82) is 0 Å². The van der Waals surface area contributed by atoms with Crippen LogP contribution in [-0.2, 0) is 0 Å². The zero-order chi connectivity index (χ0) is 12.6. The first-order chi connectivity index (χ1) is 8.00. The Labute approximate surface area is 105 Å². The van der Waals surface area contributed by atoms with Crippen LogP contribution in [0.15, 0.2) is 12.1 Å². The predicted octanol–water partition coefficient (Wildman–Crippen LogP) is 2.09. The highest BCUT2D eigenvalue weighted by Gasteiger charge is 2.25. The first kappa shape index (κ1) is 12.5. The van der Waals surface area contributed by atoms with E-state index in [9.17, 15) is 5.11 Å². The SMILES string of the molecule is CC(C)C(N)C(O)c1cc(Cl)c2c(c1)OCO2. The van der Waals surface area contributed by atoms with Crippen molar-refractivity contribution in [2.75, 3.05) is 6.79 Å². The number of fused-ring (bicyclic) bond motifs is 1. The lowest BCUT2D eigenvalue weighted by Crippen LogP contribution is -2.33. The normalized spacial score (nSPS) is 17.3. The van der Waals surface area contributed by atoms with Gasteiger partial charge in [0.1, 0.15) is 0 Å². The Morgan fingerprint density at radius 3 is 2.71 bits per heavy atom. The van der Waals surface area contributed by atoms with Crippen LogP contribution in [0.25, 0.3) is 0 Å². The molecule has 0 saturated carbocycles. The van der Waals surface area contributed by atoms with E-state index in [2.05, 4.69) is 0 Å². The first-order valence-electron chi connectivity index (χ1n) is 5.53. The van der Waals surface area contributed by atoms with Crippen molar-refractivity contribution in [3.05, 3.63) is 22.7 Å². The molecule has 1 heterocycles. The molecule has 0 amide bonds. The van der Waals surface area contributed by atoms with Gasteiger partial charge in [-0.15, -0.1) is 0 Å². The number of halogens is 1. The monoisotopic (exact) mass is 257 g/mol. The quantitative estimate of drug-likeness (QED) is 0.870. The van der Waals surface area contributed by atoms with E-state index in [1.165, 1.54) is 0 Å². The predicted molar refractivity (Wildman–Crippen MR) is 65.3 cm³/mol. The van der Waals surface area contributed by atoms with Crippen molar-refractivity contribution in [2.45, 2.75) is 26.0 Å². The van der Waals surface area contributed by atoms with Gasteiger partial charge in [-0.3, -0.25) is 0 Å². The fourth-order valence-corrected chi connectivity index (χ4v) is 2.02. The van der Waals surface area contributed by atoms with Crippen LogP contribution in [-0.4, -0.2) is 17.9 Å². The zero-order valence-corrected chi connectivity index (χ0v) is 10.6. The summed E-state index contributed by atoms with van der Waals surface area (Å²) in [5.74, 6) is 1.26. The maximum atomic E-state index is 10.1. The molecule has 2 unspecified atom stereocenters. The van der Waals surface area contributed by atoms with Crippen LogP contribution in [0, 0.1) is 5.92 Å². The third-order valence-electron chi connectivity index (χ3n) is 2.93. The minimum absolute atomic E-state index is 0.158. The molecule has 3 N–H and O–H groups in total. The van der Waals surface area contributed by atoms with Gasteiger partial charge < -0.3 is 20.3 Å². The summed E-state index contributed by atoms with van der Waals surface area (Å²) in [4.78, 5) is 0.